The Labute approximate surface area is 103 Å². The molecule has 1 aliphatic heterocycles. The van der Waals surface area contributed by atoms with E-state index >= 15 is 0 Å². The van der Waals surface area contributed by atoms with E-state index in [0.717, 1.165) is 19.4 Å². The third kappa shape index (κ3) is 3.19. The first-order chi connectivity index (χ1) is 8.13. The Balaban J connectivity index is 1.74. The lowest BCUT2D eigenvalue weighted by Gasteiger charge is -2.24. The van der Waals surface area contributed by atoms with Crippen LogP contribution in [0.3, 0.4) is 0 Å². The summed E-state index contributed by atoms with van der Waals surface area (Å²) in [7, 11) is 0. The zero-order valence-electron chi connectivity index (χ0n) is 10.7. The molecule has 0 bridgehead atoms. The summed E-state index contributed by atoms with van der Waals surface area (Å²) in [6.07, 6.45) is 6.56. The number of hydrogen-bond acceptors (Lipinski definition) is 3. The minimum absolute atomic E-state index is 0.0501. The molecule has 1 saturated carbocycles. The van der Waals surface area contributed by atoms with Crippen molar-refractivity contribution < 1.29 is 9.53 Å². The summed E-state index contributed by atoms with van der Waals surface area (Å²) in [6.45, 7) is 3.57. The maximum Gasteiger partial charge on any atom is 0.249 e. The van der Waals surface area contributed by atoms with Crippen LogP contribution in [0.25, 0.3) is 0 Å². The van der Waals surface area contributed by atoms with Crippen LogP contribution in [-0.4, -0.2) is 31.2 Å². The Morgan fingerprint density at radius 1 is 1.41 bits per heavy atom. The Bertz CT molecular complexity index is 275. The molecule has 0 aromatic heterocycles. The molecule has 2 atom stereocenters. The zero-order chi connectivity index (χ0) is 12.3. The molecule has 2 fully saturated rings. The van der Waals surface area contributed by atoms with Crippen LogP contribution in [0, 0.1) is 5.41 Å². The topological polar surface area (TPSA) is 64.4 Å². The van der Waals surface area contributed by atoms with E-state index in [0.29, 0.717) is 12.0 Å². The molecule has 98 valence electrons. The molecule has 0 spiro atoms. The van der Waals surface area contributed by atoms with E-state index in [-0.39, 0.29) is 18.1 Å². The normalized spacial score (nSPS) is 31.6. The quantitative estimate of drug-likeness (QED) is 0.776. The monoisotopic (exact) mass is 240 g/mol. The highest BCUT2D eigenvalue weighted by atomic mass is 16.5. The largest absolute Gasteiger partial charge is 0.364 e. The molecule has 2 aliphatic rings. The summed E-state index contributed by atoms with van der Waals surface area (Å²) in [5.74, 6) is 0.0501. The molecule has 0 aromatic carbocycles. The molecule has 0 aromatic rings. The lowest BCUT2D eigenvalue weighted by atomic mass is 9.89. The van der Waals surface area contributed by atoms with Crippen molar-refractivity contribution in [1.82, 2.24) is 5.32 Å². The lowest BCUT2D eigenvalue weighted by molar-refractivity contribution is -0.132. The van der Waals surface area contributed by atoms with Crippen molar-refractivity contribution in [2.45, 2.75) is 57.7 Å². The first kappa shape index (κ1) is 12.8. The van der Waals surface area contributed by atoms with Gasteiger partial charge in [0.15, 0.2) is 0 Å². The van der Waals surface area contributed by atoms with Crippen LogP contribution in [0.15, 0.2) is 0 Å². The van der Waals surface area contributed by atoms with Crippen LogP contribution in [0.5, 0.6) is 0 Å². The van der Waals surface area contributed by atoms with Gasteiger partial charge < -0.3 is 15.8 Å². The first-order valence-corrected chi connectivity index (χ1v) is 6.76. The van der Waals surface area contributed by atoms with E-state index in [1.807, 2.05) is 0 Å². The minimum Gasteiger partial charge on any atom is -0.364 e. The highest BCUT2D eigenvalue weighted by Gasteiger charge is 2.33. The van der Waals surface area contributed by atoms with Gasteiger partial charge in [-0.1, -0.05) is 19.8 Å². The second-order valence-electron chi connectivity index (χ2n) is 5.80. The van der Waals surface area contributed by atoms with Crippen LogP contribution < -0.4 is 11.1 Å². The number of hydrogen-bond donors (Lipinski definition) is 2. The Morgan fingerprint density at radius 3 is 2.71 bits per heavy atom. The molecule has 1 amide bonds. The number of ether oxygens (including phenoxy) is 1. The number of carbonyl (C=O) groups is 1. The standard InChI is InChI=1S/C13H24N2O2/c1-13(6-2-3-7-13)9-15-12(16)11-5-4-10(8-14)17-11/h10-11H,2-9,14H2,1H3,(H,15,16)/t10-,11+/m1/s1. The smallest absolute Gasteiger partial charge is 0.249 e. The van der Waals surface area contributed by atoms with Crippen LogP contribution in [-0.2, 0) is 9.53 Å². The Kier molecular flexibility index (Phi) is 4.05. The third-order valence-corrected chi connectivity index (χ3v) is 4.16. The number of carbonyl (C=O) groups excluding carboxylic acids is 1. The summed E-state index contributed by atoms with van der Waals surface area (Å²) in [5, 5.41) is 3.05. The lowest BCUT2D eigenvalue weighted by Crippen LogP contribution is -2.40. The molecule has 0 unspecified atom stereocenters. The third-order valence-electron chi connectivity index (χ3n) is 4.16. The summed E-state index contributed by atoms with van der Waals surface area (Å²) < 4.78 is 5.58. The molecule has 0 radical (unpaired) electrons. The summed E-state index contributed by atoms with van der Waals surface area (Å²) in [5.41, 5.74) is 5.84. The van der Waals surface area contributed by atoms with Gasteiger partial charge in [0, 0.05) is 13.1 Å². The van der Waals surface area contributed by atoms with Crippen LogP contribution in [0.4, 0.5) is 0 Å². The number of rotatable bonds is 4. The van der Waals surface area contributed by atoms with Crippen LogP contribution in [0.2, 0.25) is 0 Å². The van der Waals surface area contributed by atoms with E-state index in [2.05, 4.69) is 12.2 Å². The van der Waals surface area contributed by atoms with Gasteiger partial charge >= 0.3 is 0 Å². The fourth-order valence-electron chi connectivity index (χ4n) is 2.89. The highest BCUT2D eigenvalue weighted by Crippen LogP contribution is 2.36. The van der Waals surface area contributed by atoms with Gasteiger partial charge in [-0.2, -0.15) is 0 Å². The second-order valence-corrected chi connectivity index (χ2v) is 5.80. The number of nitrogens with two attached hydrogens (primary N) is 1. The molecule has 17 heavy (non-hydrogen) atoms. The van der Waals surface area contributed by atoms with Gasteiger partial charge in [0.1, 0.15) is 6.10 Å². The average Bonchev–Trinajstić information content (AvgIpc) is 2.95. The van der Waals surface area contributed by atoms with E-state index < -0.39 is 0 Å². The van der Waals surface area contributed by atoms with Crippen LogP contribution >= 0.6 is 0 Å². The average molecular weight is 240 g/mol. The molecular formula is C13H24N2O2. The van der Waals surface area contributed by atoms with Crippen molar-refractivity contribution in [3.8, 4) is 0 Å². The Morgan fingerprint density at radius 2 is 2.12 bits per heavy atom. The predicted molar refractivity (Wildman–Crippen MR) is 66.5 cm³/mol. The van der Waals surface area contributed by atoms with E-state index in [4.69, 9.17) is 10.5 Å². The number of nitrogens with one attached hydrogen (secondary N) is 1. The van der Waals surface area contributed by atoms with E-state index in [1.54, 1.807) is 0 Å². The summed E-state index contributed by atoms with van der Waals surface area (Å²) in [6, 6.07) is 0. The molecule has 4 nitrogen and oxygen atoms in total. The molecular weight excluding hydrogens is 216 g/mol. The van der Waals surface area contributed by atoms with Gasteiger partial charge in [-0.15, -0.1) is 0 Å². The van der Waals surface area contributed by atoms with Crippen molar-refractivity contribution in [2.75, 3.05) is 13.1 Å². The fraction of sp³-hybridized carbons (Fsp3) is 0.923. The van der Waals surface area contributed by atoms with Crippen molar-refractivity contribution in [3.63, 3.8) is 0 Å². The number of amides is 1. The van der Waals surface area contributed by atoms with Gasteiger partial charge in [0.05, 0.1) is 6.10 Å². The SMILES string of the molecule is CC1(CNC(=O)[C@@H]2CC[C@H](CN)O2)CCCC1. The van der Waals surface area contributed by atoms with E-state index in [9.17, 15) is 4.79 Å². The molecule has 2 rings (SSSR count). The van der Waals surface area contributed by atoms with Gasteiger partial charge in [0.25, 0.3) is 0 Å². The van der Waals surface area contributed by atoms with Crippen molar-refractivity contribution in [1.29, 1.82) is 0 Å². The molecule has 3 N–H and O–H groups in total. The van der Waals surface area contributed by atoms with Crippen LogP contribution in [0.1, 0.15) is 45.4 Å². The van der Waals surface area contributed by atoms with E-state index in [1.165, 1.54) is 25.7 Å². The minimum atomic E-state index is -0.270. The summed E-state index contributed by atoms with van der Waals surface area (Å²) >= 11 is 0. The second kappa shape index (κ2) is 5.36. The first-order valence-electron chi connectivity index (χ1n) is 6.76. The Hall–Kier alpha value is -0.610. The van der Waals surface area contributed by atoms with Gasteiger partial charge in [0.2, 0.25) is 5.91 Å². The van der Waals surface area contributed by atoms with Crippen molar-refractivity contribution >= 4 is 5.91 Å². The fourth-order valence-corrected chi connectivity index (χ4v) is 2.89. The maximum absolute atomic E-state index is 11.9. The molecule has 1 saturated heterocycles. The highest BCUT2D eigenvalue weighted by molar-refractivity contribution is 5.81. The molecule has 1 heterocycles. The summed E-state index contributed by atoms with van der Waals surface area (Å²) in [4.78, 5) is 11.9. The van der Waals surface area contributed by atoms with Gasteiger partial charge in [-0.3, -0.25) is 4.79 Å². The van der Waals surface area contributed by atoms with Gasteiger partial charge in [-0.25, -0.2) is 0 Å². The predicted octanol–water partition coefficient (Wildman–Crippen LogP) is 1.19. The van der Waals surface area contributed by atoms with Crippen molar-refractivity contribution in [3.05, 3.63) is 0 Å². The molecule has 4 heteroatoms. The van der Waals surface area contributed by atoms with Crippen molar-refractivity contribution in [2.24, 2.45) is 11.1 Å². The zero-order valence-corrected chi connectivity index (χ0v) is 10.7. The maximum atomic E-state index is 11.9. The molecule has 1 aliphatic carbocycles. The van der Waals surface area contributed by atoms with Gasteiger partial charge in [-0.05, 0) is 31.1 Å².